The third kappa shape index (κ3) is 4.15. The minimum absolute atomic E-state index is 0.187. The fraction of sp³-hybridized carbons (Fsp3) is 0.800. The van der Waals surface area contributed by atoms with Gasteiger partial charge >= 0.3 is 0 Å². The highest BCUT2D eigenvalue weighted by atomic mass is 79.9. The summed E-state index contributed by atoms with van der Waals surface area (Å²) in [5.74, 6) is 2.33. The Balaban J connectivity index is 2.46. The lowest BCUT2D eigenvalue weighted by molar-refractivity contribution is 0.372. The van der Waals surface area contributed by atoms with E-state index >= 15 is 0 Å². The van der Waals surface area contributed by atoms with Crippen molar-refractivity contribution in [3.05, 3.63) is 11.7 Å². The number of hydrogen-bond acceptors (Lipinski definition) is 4. The first-order valence-corrected chi connectivity index (χ1v) is 7.21. The van der Waals surface area contributed by atoms with Crippen molar-refractivity contribution in [3.8, 4) is 0 Å². The molecule has 0 saturated carbocycles. The number of thioether (sulfide) groups is 1. The van der Waals surface area contributed by atoms with Crippen molar-refractivity contribution < 1.29 is 4.52 Å². The summed E-state index contributed by atoms with van der Waals surface area (Å²) in [6.45, 7) is 6.48. The number of rotatable bonds is 6. The van der Waals surface area contributed by atoms with Gasteiger partial charge in [0.1, 0.15) is 0 Å². The highest BCUT2D eigenvalue weighted by Gasteiger charge is 2.14. The molecule has 2 unspecified atom stereocenters. The molecular weight excluding hydrogens is 276 g/mol. The molecule has 0 bridgehead atoms. The van der Waals surface area contributed by atoms with Crippen LogP contribution in [-0.2, 0) is 5.75 Å². The third-order valence-corrected chi connectivity index (χ3v) is 4.55. The first-order valence-electron chi connectivity index (χ1n) is 5.25. The topological polar surface area (TPSA) is 38.9 Å². The van der Waals surface area contributed by atoms with Crippen molar-refractivity contribution in [2.24, 2.45) is 0 Å². The maximum absolute atomic E-state index is 5.16. The lowest BCUT2D eigenvalue weighted by Gasteiger charge is -2.04. The molecule has 0 spiro atoms. The third-order valence-electron chi connectivity index (χ3n) is 2.18. The zero-order chi connectivity index (χ0) is 11.3. The van der Waals surface area contributed by atoms with Gasteiger partial charge in [0, 0.05) is 5.25 Å². The van der Waals surface area contributed by atoms with E-state index < -0.39 is 0 Å². The molecule has 0 aliphatic carbocycles. The predicted molar refractivity (Wildman–Crippen MR) is 67.3 cm³/mol. The fourth-order valence-corrected chi connectivity index (χ4v) is 1.94. The van der Waals surface area contributed by atoms with Gasteiger partial charge in [0.15, 0.2) is 5.82 Å². The van der Waals surface area contributed by atoms with Crippen LogP contribution < -0.4 is 0 Å². The van der Waals surface area contributed by atoms with Gasteiger partial charge in [-0.1, -0.05) is 41.9 Å². The smallest absolute Gasteiger partial charge is 0.240 e. The van der Waals surface area contributed by atoms with E-state index in [1.807, 2.05) is 11.8 Å². The zero-order valence-electron chi connectivity index (χ0n) is 9.36. The second-order valence-corrected chi connectivity index (χ2v) is 5.99. The zero-order valence-corrected chi connectivity index (χ0v) is 11.8. The Morgan fingerprint density at radius 3 is 2.73 bits per heavy atom. The van der Waals surface area contributed by atoms with Crippen molar-refractivity contribution in [1.29, 1.82) is 0 Å². The van der Waals surface area contributed by atoms with Crippen LogP contribution in [0, 0.1) is 0 Å². The first kappa shape index (κ1) is 13.0. The van der Waals surface area contributed by atoms with Gasteiger partial charge in [-0.25, -0.2) is 0 Å². The van der Waals surface area contributed by atoms with E-state index in [4.69, 9.17) is 4.52 Å². The molecule has 0 aliphatic rings. The summed E-state index contributed by atoms with van der Waals surface area (Å²) in [6, 6.07) is 0. The largest absolute Gasteiger partial charge is 0.338 e. The molecule has 0 aliphatic heterocycles. The molecule has 86 valence electrons. The predicted octanol–water partition coefficient (Wildman–Crippen LogP) is 3.95. The van der Waals surface area contributed by atoms with E-state index in [0.29, 0.717) is 11.1 Å². The highest BCUT2D eigenvalue weighted by molar-refractivity contribution is 9.09. The number of halogens is 1. The Morgan fingerprint density at radius 2 is 2.13 bits per heavy atom. The van der Waals surface area contributed by atoms with Crippen LogP contribution in [0.5, 0.6) is 0 Å². The maximum atomic E-state index is 5.16. The van der Waals surface area contributed by atoms with E-state index in [1.165, 1.54) is 6.42 Å². The van der Waals surface area contributed by atoms with E-state index in [-0.39, 0.29) is 4.83 Å². The van der Waals surface area contributed by atoms with Crippen molar-refractivity contribution >= 4 is 27.7 Å². The van der Waals surface area contributed by atoms with Crippen molar-refractivity contribution in [2.75, 3.05) is 0 Å². The summed E-state index contributed by atoms with van der Waals surface area (Å²) in [7, 11) is 0. The summed E-state index contributed by atoms with van der Waals surface area (Å²) >= 11 is 5.35. The van der Waals surface area contributed by atoms with E-state index in [1.54, 1.807) is 0 Å². The van der Waals surface area contributed by atoms with Crippen molar-refractivity contribution in [1.82, 2.24) is 10.1 Å². The minimum Gasteiger partial charge on any atom is -0.338 e. The molecule has 0 saturated heterocycles. The lowest BCUT2D eigenvalue weighted by Crippen LogP contribution is -1.95. The van der Waals surface area contributed by atoms with Gasteiger partial charge in [-0.15, -0.1) is 0 Å². The van der Waals surface area contributed by atoms with Crippen LogP contribution in [0.25, 0.3) is 0 Å². The van der Waals surface area contributed by atoms with E-state index in [2.05, 4.69) is 46.8 Å². The van der Waals surface area contributed by atoms with Crippen LogP contribution in [0.1, 0.15) is 50.2 Å². The summed E-state index contributed by atoms with van der Waals surface area (Å²) in [4.78, 5) is 4.53. The fourth-order valence-electron chi connectivity index (χ4n) is 0.963. The van der Waals surface area contributed by atoms with Gasteiger partial charge in [0.05, 0.1) is 10.6 Å². The Morgan fingerprint density at radius 1 is 1.40 bits per heavy atom. The van der Waals surface area contributed by atoms with Crippen LogP contribution in [0.3, 0.4) is 0 Å². The van der Waals surface area contributed by atoms with Crippen molar-refractivity contribution in [2.45, 2.75) is 49.4 Å². The monoisotopic (exact) mass is 292 g/mol. The number of alkyl halides is 1. The van der Waals surface area contributed by atoms with Gasteiger partial charge in [0.25, 0.3) is 0 Å². The molecule has 5 heteroatoms. The molecule has 1 rings (SSSR count). The summed E-state index contributed by atoms with van der Waals surface area (Å²) in [5, 5.41) is 4.61. The van der Waals surface area contributed by atoms with Gasteiger partial charge in [-0.2, -0.15) is 16.7 Å². The molecule has 1 aromatic rings. The quantitative estimate of drug-likeness (QED) is 0.744. The van der Waals surface area contributed by atoms with Gasteiger partial charge in [-0.05, 0) is 12.8 Å². The SMILES string of the molecule is CCC(C)SCc1noc(C(Br)CC)n1. The van der Waals surface area contributed by atoms with Gasteiger partial charge in [-0.3, -0.25) is 0 Å². The van der Waals surface area contributed by atoms with E-state index in [9.17, 15) is 0 Å². The second kappa shape index (κ2) is 6.53. The van der Waals surface area contributed by atoms with Gasteiger partial charge < -0.3 is 4.52 Å². The van der Waals surface area contributed by atoms with Crippen LogP contribution >= 0.6 is 27.7 Å². The van der Waals surface area contributed by atoms with E-state index in [0.717, 1.165) is 18.0 Å². The first-order chi connectivity index (χ1) is 7.17. The average molecular weight is 293 g/mol. The normalized spacial score (nSPS) is 15.2. The molecule has 0 fully saturated rings. The standard InChI is InChI=1S/C10H17BrN2OS/c1-4-7(3)15-6-9-12-10(14-13-9)8(11)5-2/h7-8H,4-6H2,1-3H3. The highest BCUT2D eigenvalue weighted by Crippen LogP contribution is 2.25. The number of hydrogen-bond donors (Lipinski definition) is 0. The second-order valence-electron chi connectivity index (χ2n) is 3.45. The van der Waals surface area contributed by atoms with Crippen LogP contribution in [-0.4, -0.2) is 15.4 Å². The Labute approximate surface area is 104 Å². The molecular formula is C10H17BrN2OS. The van der Waals surface area contributed by atoms with Gasteiger partial charge in [0.2, 0.25) is 5.89 Å². The Kier molecular flexibility index (Phi) is 5.68. The van der Waals surface area contributed by atoms with Crippen LogP contribution in [0.15, 0.2) is 4.52 Å². The molecule has 3 nitrogen and oxygen atoms in total. The molecule has 0 N–H and O–H groups in total. The molecule has 1 aromatic heterocycles. The number of nitrogens with zero attached hydrogens (tertiary/aromatic N) is 2. The summed E-state index contributed by atoms with van der Waals surface area (Å²) in [5.41, 5.74) is 0. The van der Waals surface area contributed by atoms with Crippen LogP contribution in [0.4, 0.5) is 0 Å². The average Bonchev–Trinajstić information content (AvgIpc) is 2.73. The van der Waals surface area contributed by atoms with Crippen molar-refractivity contribution in [3.63, 3.8) is 0 Å². The Bertz CT molecular complexity index is 293. The molecule has 2 atom stereocenters. The molecule has 1 heterocycles. The molecule has 15 heavy (non-hydrogen) atoms. The summed E-state index contributed by atoms with van der Waals surface area (Å²) < 4.78 is 5.16. The molecule has 0 radical (unpaired) electrons. The summed E-state index contributed by atoms with van der Waals surface area (Å²) in [6.07, 6.45) is 2.13. The number of aromatic nitrogens is 2. The maximum Gasteiger partial charge on any atom is 0.240 e. The minimum atomic E-state index is 0.187. The lowest BCUT2D eigenvalue weighted by atomic mass is 10.3. The molecule has 0 amide bonds. The Hall–Kier alpha value is -0.0300. The van der Waals surface area contributed by atoms with Crippen LogP contribution in [0.2, 0.25) is 0 Å². The molecule has 0 aromatic carbocycles.